The van der Waals surface area contributed by atoms with Gasteiger partial charge in [-0.1, -0.05) is 32.4 Å². The molecule has 1 N–H and O–H groups in total. The number of benzene rings is 1. The number of amides is 1. The van der Waals surface area contributed by atoms with Crippen LogP contribution in [0.4, 0.5) is 0 Å². The summed E-state index contributed by atoms with van der Waals surface area (Å²) in [6.45, 7) is 3.86. The Hall–Kier alpha value is -1.84. The molecule has 0 spiro atoms. The van der Waals surface area contributed by atoms with Gasteiger partial charge in [0.1, 0.15) is 5.75 Å². The van der Waals surface area contributed by atoms with Crippen LogP contribution in [0.1, 0.15) is 30.6 Å². The molecule has 0 aliphatic rings. The van der Waals surface area contributed by atoms with Crippen molar-refractivity contribution in [1.82, 2.24) is 5.32 Å². The molecule has 4 heteroatoms. The zero-order chi connectivity index (χ0) is 13.5. The molecule has 1 amide bonds. The van der Waals surface area contributed by atoms with Crippen LogP contribution in [0.3, 0.4) is 0 Å². The average molecular weight is 248 g/mol. The van der Waals surface area contributed by atoms with Crippen LogP contribution in [0, 0.1) is 5.92 Å². The number of carbonyl (C=O) groups is 1. The predicted octanol–water partition coefficient (Wildman–Crippen LogP) is 1.95. The monoisotopic (exact) mass is 248 g/mol. The Morgan fingerprint density at radius 2 is 2.11 bits per heavy atom. The summed E-state index contributed by atoms with van der Waals surface area (Å²) in [7, 11) is 1.50. The Kier molecular flexibility index (Phi) is 5.36. The topological polar surface area (TPSA) is 55.4 Å². The highest BCUT2D eigenvalue weighted by atomic mass is 16.5. The molecule has 0 bridgehead atoms. The molecule has 1 aromatic carbocycles. The van der Waals surface area contributed by atoms with Crippen molar-refractivity contribution in [2.24, 2.45) is 5.92 Å². The van der Waals surface area contributed by atoms with Crippen molar-refractivity contribution >= 4 is 12.2 Å². The Morgan fingerprint density at radius 3 is 2.67 bits per heavy atom. The third-order valence-corrected chi connectivity index (χ3v) is 2.98. The number of carbonyl (C=O) groups excluding carboxylic acids is 2. The van der Waals surface area contributed by atoms with Gasteiger partial charge in [-0.05, 0) is 18.1 Å². The number of hydrogen-bond acceptors (Lipinski definition) is 3. The normalized spacial score (nSPS) is 13.5. The Bertz CT molecular complexity index is 417. The Morgan fingerprint density at radius 1 is 1.44 bits per heavy atom. The van der Waals surface area contributed by atoms with Gasteiger partial charge in [-0.3, -0.25) is 9.59 Å². The van der Waals surface area contributed by atoms with Gasteiger partial charge in [0.05, 0.1) is 18.7 Å². The smallest absolute Gasteiger partial charge is 0.255 e. The van der Waals surface area contributed by atoms with Crippen LogP contribution < -0.4 is 10.1 Å². The molecule has 1 unspecified atom stereocenters. The van der Waals surface area contributed by atoms with Crippen molar-refractivity contribution in [2.45, 2.75) is 26.3 Å². The molecular formula is C14H18NO3. The van der Waals surface area contributed by atoms with Gasteiger partial charge in [0.25, 0.3) is 5.91 Å². The van der Waals surface area contributed by atoms with Crippen LogP contribution in [0.25, 0.3) is 0 Å². The number of rotatable bonds is 6. The van der Waals surface area contributed by atoms with E-state index in [0.29, 0.717) is 11.3 Å². The fourth-order valence-corrected chi connectivity index (χ4v) is 1.57. The summed E-state index contributed by atoms with van der Waals surface area (Å²) in [6, 6.07) is 6.31. The second-order valence-corrected chi connectivity index (χ2v) is 4.15. The molecule has 0 heterocycles. The molecule has 0 aromatic heterocycles. The van der Waals surface area contributed by atoms with Crippen LogP contribution in [0.2, 0.25) is 0 Å². The third-order valence-electron chi connectivity index (χ3n) is 2.98. The van der Waals surface area contributed by atoms with E-state index in [1.807, 2.05) is 20.1 Å². The predicted molar refractivity (Wildman–Crippen MR) is 69.4 cm³/mol. The van der Waals surface area contributed by atoms with Gasteiger partial charge in [-0.25, -0.2) is 0 Å². The molecule has 2 atom stereocenters. The number of methoxy groups -OCH3 is 1. The lowest BCUT2D eigenvalue weighted by molar-refractivity contribution is 0.0934. The van der Waals surface area contributed by atoms with Crippen molar-refractivity contribution in [1.29, 1.82) is 0 Å². The maximum Gasteiger partial charge on any atom is 0.255 e. The van der Waals surface area contributed by atoms with Crippen molar-refractivity contribution in [3.63, 3.8) is 0 Å². The van der Waals surface area contributed by atoms with Crippen LogP contribution in [0.5, 0.6) is 5.75 Å². The Balaban J connectivity index is 2.84. The quantitative estimate of drug-likeness (QED) is 0.837. The van der Waals surface area contributed by atoms with Gasteiger partial charge in [-0.15, -0.1) is 0 Å². The molecule has 0 saturated heterocycles. The summed E-state index contributed by atoms with van der Waals surface area (Å²) in [6.07, 6.45) is 2.67. The van der Waals surface area contributed by atoms with Gasteiger partial charge in [0.2, 0.25) is 6.29 Å². The first kappa shape index (κ1) is 14.2. The number of ether oxygens (including phenoxy) is 1. The van der Waals surface area contributed by atoms with E-state index in [4.69, 9.17) is 4.74 Å². The van der Waals surface area contributed by atoms with Gasteiger partial charge >= 0.3 is 0 Å². The van der Waals surface area contributed by atoms with Crippen LogP contribution in [-0.4, -0.2) is 25.3 Å². The molecule has 18 heavy (non-hydrogen) atoms. The molecule has 1 rings (SSSR count). The van der Waals surface area contributed by atoms with E-state index in [0.717, 1.165) is 6.42 Å². The van der Waals surface area contributed by atoms with Crippen molar-refractivity contribution in [3.8, 4) is 5.75 Å². The number of para-hydroxylation sites is 1. The molecule has 0 fully saturated rings. The second kappa shape index (κ2) is 6.79. The average Bonchev–Trinajstić information content (AvgIpc) is 2.43. The van der Waals surface area contributed by atoms with E-state index >= 15 is 0 Å². The molecule has 1 aromatic rings. The lowest BCUT2D eigenvalue weighted by Crippen LogP contribution is -2.40. The summed E-state index contributed by atoms with van der Waals surface area (Å²) < 4.78 is 5.11. The number of hydrogen-bond donors (Lipinski definition) is 1. The molecule has 0 aliphatic heterocycles. The van der Waals surface area contributed by atoms with Crippen LogP contribution in [0.15, 0.2) is 24.3 Å². The standard InChI is InChI=1S/C14H18NO3/c1-4-10(2)12(9-16)15-14(17)11-7-5-6-8-13(11)18-3/h5-8,10,12H,4H2,1-3H3,(H,15,17)/t10?,12-/m1/s1. The van der Waals surface area contributed by atoms with E-state index < -0.39 is 6.04 Å². The summed E-state index contributed by atoms with van der Waals surface area (Å²) in [4.78, 5) is 22.9. The third kappa shape index (κ3) is 3.32. The van der Waals surface area contributed by atoms with Crippen LogP contribution in [-0.2, 0) is 4.79 Å². The van der Waals surface area contributed by atoms with Crippen molar-refractivity contribution in [3.05, 3.63) is 29.8 Å². The highest BCUT2D eigenvalue weighted by molar-refractivity contribution is 5.98. The van der Waals surface area contributed by atoms with Gasteiger partial charge in [0.15, 0.2) is 0 Å². The SMILES string of the molecule is CCC(C)[C@@H]([C]=O)NC(=O)c1ccccc1OC. The maximum atomic E-state index is 12.0. The molecule has 4 nitrogen and oxygen atoms in total. The first-order valence-electron chi connectivity index (χ1n) is 5.95. The summed E-state index contributed by atoms with van der Waals surface area (Å²) in [5.74, 6) is 0.228. The minimum atomic E-state index is -0.590. The van der Waals surface area contributed by atoms with Gasteiger partial charge in [-0.2, -0.15) is 0 Å². The minimum absolute atomic E-state index is 0.0566. The minimum Gasteiger partial charge on any atom is -0.496 e. The van der Waals surface area contributed by atoms with Crippen LogP contribution >= 0.6 is 0 Å². The fourth-order valence-electron chi connectivity index (χ4n) is 1.57. The lowest BCUT2D eigenvalue weighted by Gasteiger charge is -2.18. The number of nitrogens with one attached hydrogen (secondary N) is 1. The first-order valence-corrected chi connectivity index (χ1v) is 5.95. The van der Waals surface area contributed by atoms with Crippen molar-refractivity contribution in [2.75, 3.05) is 7.11 Å². The van der Waals surface area contributed by atoms with E-state index in [9.17, 15) is 9.59 Å². The zero-order valence-electron chi connectivity index (χ0n) is 10.9. The lowest BCUT2D eigenvalue weighted by atomic mass is 10.00. The highest BCUT2D eigenvalue weighted by Crippen LogP contribution is 2.17. The first-order chi connectivity index (χ1) is 8.63. The Labute approximate surface area is 107 Å². The van der Waals surface area contributed by atoms with Crippen molar-refractivity contribution < 1.29 is 14.3 Å². The zero-order valence-corrected chi connectivity index (χ0v) is 10.9. The fraction of sp³-hybridized carbons (Fsp3) is 0.429. The molecule has 0 saturated carbocycles. The van der Waals surface area contributed by atoms with Gasteiger partial charge in [0, 0.05) is 0 Å². The van der Waals surface area contributed by atoms with E-state index in [-0.39, 0.29) is 11.8 Å². The highest BCUT2D eigenvalue weighted by Gasteiger charge is 2.20. The van der Waals surface area contributed by atoms with Gasteiger partial charge < -0.3 is 10.1 Å². The van der Waals surface area contributed by atoms with E-state index in [1.54, 1.807) is 24.3 Å². The maximum absolute atomic E-state index is 12.0. The summed E-state index contributed by atoms with van der Waals surface area (Å²) in [5.41, 5.74) is 0.420. The largest absolute Gasteiger partial charge is 0.496 e. The molecule has 0 aliphatic carbocycles. The van der Waals surface area contributed by atoms with E-state index in [2.05, 4.69) is 5.32 Å². The molecule has 97 valence electrons. The summed E-state index contributed by atoms with van der Waals surface area (Å²) >= 11 is 0. The molecular weight excluding hydrogens is 230 g/mol. The molecule has 1 radical (unpaired) electrons. The van der Waals surface area contributed by atoms with E-state index in [1.165, 1.54) is 7.11 Å². The second-order valence-electron chi connectivity index (χ2n) is 4.15. The summed E-state index contributed by atoms with van der Waals surface area (Å²) in [5, 5.41) is 2.67.